The molecule has 1 aliphatic carbocycles. The van der Waals surface area contributed by atoms with Gasteiger partial charge in [-0.15, -0.1) is 0 Å². The van der Waals surface area contributed by atoms with Gasteiger partial charge < -0.3 is 10.4 Å². The molecule has 0 bridgehead atoms. The Morgan fingerprint density at radius 3 is 2.19 bits per heavy atom. The van der Waals surface area contributed by atoms with E-state index >= 15 is 0 Å². The molecule has 0 aliphatic heterocycles. The number of sulfonamides is 1. The third-order valence-electron chi connectivity index (χ3n) is 4.81. The van der Waals surface area contributed by atoms with Crippen LogP contribution in [0.15, 0.2) is 18.2 Å². The molecule has 1 saturated carbocycles. The highest BCUT2D eigenvalue weighted by molar-refractivity contribution is 7.90. The Bertz CT molecular complexity index is 778. The molecule has 1 aromatic rings. The first kappa shape index (κ1) is 21.4. The average Bonchev–Trinajstić information content (AvgIpc) is 2.53. The number of carboxylic acids is 1. The zero-order valence-electron chi connectivity index (χ0n) is 16.0. The average molecular weight is 397 g/mol. The van der Waals surface area contributed by atoms with Crippen molar-refractivity contribution in [1.82, 2.24) is 10.0 Å². The molecule has 0 heterocycles. The summed E-state index contributed by atoms with van der Waals surface area (Å²) in [6.07, 6.45) is 3.41. The van der Waals surface area contributed by atoms with Crippen LogP contribution in [0, 0.1) is 19.8 Å². The molecule has 8 heteroatoms. The van der Waals surface area contributed by atoms with Gasteiger partial charge in [0, 0.05) is 6.04 Å². The number of carbonyl (C=O) groups is 2. The minimum Gasteiger partial charge on any atom is -0.479 e. The van der Waals surface area contributed by atoms with Crippen LogP contribution in [0.25, 0.3) is 0 Å². The van der Waals surface area contributed by atoms with Gasteiger partial charge in [0.05, 0.1) is 0 Å². The van der Waals surface area contributed by atoms with Crippen LogP contribution in [0.4, 0.5) is 0 Å². The number of nitrogens with one attached hydrogen (secondary N) is 2. The number of aliphatic carboxylic acids is 1. The molecule has 0 saturated heterocycles. The Morgan fingerprint density at radius 2 is 1.67 bits per heavy atom. The molecule has 0 spiro atoms. The van der Waals surface area contributed by atoms with Crippen LogP contribution in [-0.2, 0) is 19.6 Å². The second-order valence-electron chi connectivity index (χ2n) is 7.59. The summed E-state index contributed by atoms with van der Waals surface area (Å²) in [5.41, 5.74) is 2.15. The van der Waals surface area contributed by atoms with Crippen molar-refractivity contribution >= 4 is 21.9 Å². The standard InChI is InChI=1S/C19H28N2O5S/c1-12-4-6-16(7-5-12)21-27(25,26)11-17(22)20-18(19(23)24)15-9-13(2)8-14(3)10-15/h8-10,12,16,18,21H,4-7,11H2,1-3H3,(H,20,22)(H,23,24). The van der Waals surface area contributed by atoms with Crippen LogP contribution in [-0.4, -0.2) is 37.2 Å². The van der Waals surface area contributed by atoms with Crippen LogP contribution in [0.2, 0.25) is 0 Å². The van der Waals surface area contributed by atoms with Crippen molar-refractivity contribution in [1.29, 1.82) is 0 Å². The van der Waals surface area contributed by atoms with Gasteiger partial charge in [-0.25, -0.2) is 17.9 Å². The molecule has 0 radical (unpaired) electrons. The second-order valence-corrected chi connectivity index (χ2v) is 9.35. The predicted molar refractivity (Wildman–Crippen MR) is 103 cm³/mol. The number of hydrogen-bond donors (Lipinski definition) is 3. The molecular weight excluding hydrogens is 368 g/mol. The number of carboxylic acid groups (broad SMARTS) is 1. The zero-order valence-corrected chi connectivity index (χ0v) is 16.8. The molecule has 27 heavy (non-hydrogen) atoms. The normalized spacial score (nSPS) is 21.4. The number of rotatable bonds is 7. The van der Waals surface area contributed by atoms with Gasteiger partial charge in [0.1, 0.15) is 5.75 Å². The topological polar surface area (TPSA) is 113 Å². The van der Waals surface area contributed by atoms with Crippen LogP contribution in [0.3, 0.4) is 0 Å². The van der Waals surface area contributed by atoms with Crippen molar-refractivity contribution in [3.63, 3.8) is 0 Å². The van der Waals surface area contributed by atoms with Crippen molar-refractivity contribution in [3.8, 4) is 0 Å². The summed E-state index contributed by atoms with van der Waals surface area (Å²) in [6.45, 7) is 5.80. The molecule has 1 fully saturated rings. The maximum Gasteiger partial charge on any atom is 0.330 e. The summed E-state index contributed by atoms with van der Waals surface area (Å²) in [6, 6.07) is 3.78. The van der Waals surface area contributed by atoms with Gasteiger partial charge in [0.2, 0.25) is 15.9 Å². The number of benzene rings is 1. The highest BCUT2D eigenvalue weighted by Crippen LogP contribution is 2.24. The Morgan fingerprint density at radius 1 is 1.11 bits per heavy atom. The van der Waals surface area contributed by atoms with E-state index in [1.165, 1.54) is 0 Å². The van der Waals surface area contributed by atoms with Crippen molar-refractivity contribution in [2.75, 3.05) is 5.75 Å². The fraction of sp³-hybridized carbons (Fsp3) is 0.579. The lowest BCUT2D eigenvalue weighted by Gasteiger charge is -2.26. The van der Waals surface area contributed by atoms with E-state index in [4.69, 9.17) is 0 Å². The smallest absolute Gasteiger partial charge is 0.330 e. The van der Waals surface area contributed by atoms with E-state index in [2.05, 4.69) is 17.0 Å². The van der Waals surface area contributed by atoms with Gasteiger partial charge in [0.25, 0.3) is 0 Å². The van der Waals surface area contributed by atoms with Gasteiger partial charge in [-0.3, -0.25) is 4.79 Å². The maximum absolute atomic E-state index is 12.3. The van der Waals surface area contributed by atoms with Gasteiger partial charge in [-0.05, 0) is 51.0 Å². The van der Waals surface area contributed by atoms with Gasteiger partial charge >= 0.3 is 5.97 Å². The first-order valence-electron chi connectivity index (χ1n) is 9.16. The first-order valence-corrected chi connectivity index (χ1v) is 10.8. The summed E-state index contributed by atoms with van der Waals surface area (Å²) < 4.78 is 27.1. The fourth-order valence-corrected chi connectivity index (χ4v) is 4.77. The third kappa shape index (κ3) is 6.62. The Labute approximate surface area is 160 Å². The highest BCUT2D eigenvalue weighted by Gasteiger charge is 2.28. The lowest BCUT2D eigenvalue weighted by molar-refractivity contribution is -0.141. The molecule has 1 atom stereocenters. The zero-order chi connectivity index (χ0) is 20.2. The molecule has 1 unspecified atom stereocenters. The third-order valence-corrected chi connectivity index (χ3v) is 6.15. The molecule has 3 N–H and O–H groups in total. The predicted octanol–water partition coefficient (Wildman–Crippen LogP) is 2.04. The number of amides is 1. The van der Waals surface area contributed by atoms with Crippen molar-refractivity contribution in [2.24, 2.45) is 5.92 Å². The van der Waals surface area contributed by atoms with Crippen molar-refractivity contribution in [3.05, 3.63) is 34.9 Å². The second kappa shape index (κ2) is 8.84. The molecule has 7 nitrogen and oxygen atoms in total. The summed E-state index contributed by atoms with van der Waals surface area (Å²) in [7, 11) is -3.82. The summed E-state index contributed by atoms with van der Waals surface area (Å²) in [4.78, 5) is 23.8. The molecular formula is C19H28N2O5S. The monoisotopic (exact) mass is 396 g/mol. The highest BCUT2D eigenvalue weighted by atomic mass is 32.2. The minimum absolute atomic E-state index is 0.159. The Hall–Kier alpha value is -1.93. The van der Waals surface area contributed by atoms with Crippen LogP contribution < -0.4 is 10.0 Å². The lowest BCUT2D eigenvalue weighted by Crippen LogP contribution is -2.44. The number of aryl methyl sites for hydroxylation is 2. The molecule has 1 amide bonds. The van der Waals surface area contributed by atoms with Crippen LogP contribution >= 0.6 is 0 Å². The first-order chi connectivity index (χ1) is 12.6. The SMILES string of the molecule is Cc1cc(C)cc(C(NC(=O)CS(=O)(=O)NC2CCC(C)CC2)C(=O)O)c1. The van der Waals surface area contributed by atoms with Gasteiger partial charge in [-0.2, -0.15) is 0 Å². The van der Waals surface area contributed by atoms with Crippen molar-refractivity contribution < 1.29 is 23.1 Å². The van der Waals surface area contributed by atoms with E-state index in [9.17, 15) is 23.1 Å². The lowest BCUT2D eigenvalue weighted by atomic mass is 9.88. The Kier molecular flexibility index (Phi) is 7.00. The molecule has 150 valence electrons. The minimum atomic E-state index is -3.82. The van der Waals surface area contributed by atoms with Gasteiger partial charge in [-0.1, -0.05) is 36.2 Å². The summed E-state index contributed by atoms with van der Waals surface area (Å²) in [5, 5.41) is 11.8. The largest absolute Gasteiger partial charge is 0.479 e. The molecule has 0 aromatic heterocycles. The quantitative estimate of drug-likeness (QED) is 0.653. The van der Waals surface area contributed by atoms with E-state index in [1.54, 1.807) is 12.1 Å². The van der Waals surface area contributed by atoms with Crippen LogP contribution in [0.1, 0.15) is 55.3 Å². The van der Waals surface area contributed by atoms with E-state index < -0.39 is 33.7 Å². The van der Waals surface area contributed by atoms with E-state index in [1.807, 2.05) is 19.9 Å². The molecule has 1 aliphatic rings. The van der Waals surface area contributed by atoms with E-state index in [0.29, 0.717) is 11.5 Å². The molecule has 1 aromatic carbocycles. The summed E-state index contributed by atoms with van der Waals surface area (Å²) in [5.74, 6) is -2.27. The molecule has 2 rings (SSSR count). The maximum atomic E-state index is 12.3. The van der Waals surface area contributed by atoms with Crippen LogP contribution in [0.5, 0.6) is 0 Å². The van der Waals surface area contributed by atoms with E-state index in [0.717, 1.165) is 36.8 Å². The number of carbonyl (C=O) groups excluding carboxylic acids is 1. The van der Waals surface area contributed by atoms with E-state index in [-0.39, 0.29) is 6.04 Å². The Balaban J connectivity index is 2.01. The number of hydrogen-bond acceptors (Lipinski definition) is 4. The fourth-order valence-electron chi connectivity index (χ4n) is 3.51. The summed E-state index contributed by atoms with van der Waals surface area (Å²) >= 11 is 0. The van der Waals surface area contributed by atoms with Gasteiger partial charge in [0.15, 0.2) is 6.04 Å². The van der Waals surface area contributed by atoms with Crippen molar-refractivity contribution in [2.45, 2.75) is 58.5 Å².